The molecule has 0 aliphatic rings. The van der Waals surface area contributed by atoms with Crippen molar-refractivity contribution in [2.45, 2.75) is 13.5 Å². The van der Waals surface area contributed by atoms with E-state index >= 15 is 0 Å². The minimum atomic E-state index is -0.814. The van der Waals surface area contributed by atoms with Gasteiger partial charge in [-0.15, -0.1) is 0 Å². The molecule has 0 spiro atoms. The van der Waals surface area contributed by atoms with E-state index in [0.717, 1.165) is 6.33 Å². The first kappa shape index (κ1) is 13.3. The van der Waals surface area contributed by atoms with Crippen LogP contribution in [0, 0.1) is 37.3 Å². The van der Waals surface area contributed by atoms with Crippen molar-refractivity contribution >= 4 is 16.7 Å². The van der Waals surface area contributed by atoms with Crippen LogP contribution in [-0.2, 0) is 6.54 Å². The summed E-state index contributed by atoms with van der Waals surface area (Å²) in [6, 6.07) is 1.27. The minimum Gasteiger partial charge on any atom is -0.264 e. The predicted molar refractivity (Wildman–Crippen MR) is 64.2 cm³/mol. The van der Waals surface area contributed by atoms with Crippen LogP contribution < -0.4 is 0 Å². The molecule has 0 saturated carbocycles. The zero-order valence-corrected chi connectivity index (χ0v) is 10.0. The Balaban J connectivity index is 2.85. The van der Waals surface area contributed by atoms with Crippen LogP contribution in [0.3, 0.4) is 0 Å². The van der Waals surface area contributed by atoms with E-state index in [0.29, 0.717) is 4.68 Å². The van der Waals surface area contributed by atoms with Gasteiger partial charge in [-0.25, -0.2) is 15.1 Å². The topological polar surface area (TPSA) is 147 Å². The summed E-state index contributed by atoms with van der Waals surface area (Å²) in [5.41, 5.74) is -0.775. The summed E-state index contributed by atoms with van der Waals surface area (Å²) in [6.45, 7) is 0.673. The fourth-order valence-electron chi connectivity index (χ4n) is 1.94. The lowest BCUT2D eigenvalue weighted by Gasteiger charge is -2.03. The summed E-state index contributed by atoms with van der Waals surface area (Å²) in [5.74, 6) is 0. The molecule has 104 valence electrons. The minimum absolute atomic E-state index is 0.0775. The third-order valence-corrected chi connectivity index (χ3v) is 2.77. The molecule has 11 nitrogen and oxygen atoms in total. The highest BCUT2D eigenvalue weighted by atomic mass is 16.7. The van der Waals surface area contributed by atoms with Crippen molar-refractivity contribution in [2.75, 3.05) is 0 Å². The lowest BCUT2D eigenvalue weighted by atomic mass is 10.1. The van der Waals surface area contributed by atoms with Gasteiger partial charge in [-0.1, -0.05) is 0 Å². The van der Waals surface area contributed by atoms with Crippen LogP contribution in [0.4, 0.5) is 5.69 Å². The second-order valence-electron chi connectivity index (χ2n) is 3.96. The second-order valence-corrected chi connectivity index (χ2v) is 3.96. The largest absolute Gasteiger partial charge is 0.307 e. The van der Waals surface area contributed by atoms with Crippen LogP contribution in [0.1, 0.15) is 11.1 Å². The van der Waals surface area contributed by atoms with Gasteiger partial charge in [-0.3, -0.25) is 20.2 Å². The Bertz CT molecular complexity index is 751. The Morgan fingerprint density at radius 2 is 1.90 bits per heavy atom. The van der Waals surface area contributed by atoms with Gasteiger partial charge in [-0.2, -0.15) is 0 Å². The molecule has 2 rings (SSSR count). The molecule has 0 amide bonds. The highest BCUT2D eigenvalue weighted by Gasteiger charge is 2.29. The Morgan fingerprint density at radius 3 is 2.40 bits per heavy atom. The Morgan fingerprint density at radius 1 is 1.25 bits per heavy atom. The van der Waals surface area contributed by atoms with Crippen molar-refractivity contribution < 1.29 is 14.9 Å². The number of hydrogen-bond donors (Lipinski definition) is 0. The number of fused-ring (bicyclic) bond motifs is 1. The normalized spacial score (nSPS) is 10.7. The first-order valence-corrected chi connectivity index (χ1v) is 5.23. The van der Waals surface area contributed by atoms with Crippen molar-refractivity contribution in [3.63, 3.8) is 0 Å². The van der Waals surface area contributed by atoms with E-state index in [4.69, 9.17) is 0 Å². The zero-order valence-electron chi connectivity index (χ0n) is 10.0. The Kier molecular flexibility index (Phi) is 3.02. The van der Waals surface area contributed by atoms with E-state index in [-0.39, 0.29) is 22.2 Å². The number of hydrogen-bond acceptors (Lipinski definition) is 7. The van der Waals surface area contributed by atoms with Gasteiger partial charge < -0.3 is 0 Å². The van der Waals surface area contributed by atoms with Gasteiger partial charge in [0, 0.05) is 4.92 Å². The van der Waals surface area contributed by atoms with E-state index in [1.54, 1.807) is 0 Å². The second kappa shape index (κ2) is 4.53. The first-order chi connectivity index (χ1) is 9.32. The molecule has 1 heterocycles. The molecule has 0 saturated heterocycles. The maximum atomic E-state index is 11.1. The van der Waals surface area contributed by atoms with Gasteiger partial charge in [-0.05, 0) is 23.2 Å². The molecule has 0 N–H and O–H groups in total. The maximum absolute atomic E-state index is 11.1. The van der Waals surface area contributed by atoms with Crippen molar-refractivity contribution in [1.29, 1.82) is 0 Å². The maximum Gasteiger partial charge on any atom is 0.307 e. The van der Waals surface area contributed by atoms with Crippen LogP contribution in [-0.4, -0.2) is 24.5 Å². The average molecular weight is 281 g/mol. The summed E-state index contributed by atoms with van der Waals surface area (Å²) < 4.78 is 0.533. The van der Waals surface area contributed by atoms with Crippen molar-refractivity contribution in [1.82, 2.24) is 9.66 Å². The number of nitro benzene ring substituents is 1. The van der Waals surface area contributed by atoms with Gasteiger partial charge in [0.15, 0.2) is 16.9 Å². The van der Waals surface area contributed by atoms with Crippen LogP contribution >= 0.6 is 0 Å². The third kappa shape index (κ3) is 2.00. The molecule has 0 atom stereocenters. The van der Waals surface area contributed by atoms with Crippen LogP contribution in [0.25, 0.3) is 11.0 Å². The van der Waals surface area contributed by atoms with Crippen LogP contribution in [0.5, 0.6) is 0 Å². The summed E-state index contributed by atoms with van der Waals surface area (Å²) in [4.78, 5) is 34.6. The van der Waals surface area contributed by atoms with E-state index in [9.17, 15) is 30.3 Å². The highest BCUT2D eigenvalue weighted by molar-refractivity contribution is 5.87. The van der Waals surface area contributed by atoms with Gasteiger partial charge in [0.2, 0.25) is 6.54 Å². The van der Waals surface area contributed by atoms with Gasteiger partial charge in [0.05, 0.1) is 4.92 Å². The van der Waals surface area contributed by atoms with Crippen molar-refractivity contribution in [3.8, 4) is 0 Å². The van der Waals surface area contributed by atoms with Gasteiger partial charge in [0.1, 0.15) is 11.1 Å². The van der Waals surface area contributed by atoms with Crippen molar-refractivity contribution in [2.24, 2.45) is 0 Å². The number of imidazole rings is 1. The number of nitro groups is 3. The number of aryl methyl sites for hydroxylation is 1. The van der Waals surface area contributed by atoms with Crippen molar-refractivity contribution in [3.05, 3.63) is 53.9 Å². The van der Waals surface area contributed by atoms with Crippen LogP contribution in [0.2, 0.25) is 0 Å². The van der Waals surface area contributed by atoms with Gasteiger partial charge >= 0.3 is 5.69 Å². The molecule has 0 radical (unpaired) electrons. The van der Waals surface area contributed by atoms with E-state index in [1.165, 1.54) is 13.0 Å². The first-order valence-electron chi connectivity index (χ1n) is 5.23. The Hall–Kier alpha value is -3.11. The molecular weight excluding hydrogens is 274 g/mol. The standard InChI is InChI=1S/C9H7N5O6/c1-5-2-7-8(10-4-11(7)14(19)20)9(13(17)18)6(5)3-12(15)16/h2,4H,3H2,1H3. The van der Waals surface area contributed by atoms with E-state index in [1.807, 2.05) is 0 Å². The van der Waals surface area contributed by atoms with Crippen LogP contribution in [0.15, 0.2) is 12.4 Å². The number of benzene rings is 1. The third-order valence-electron chi connectivity index (χ3n) is 2.77. The highest BCUT2D eigenvalue weighted by Crippen LogP contribution is 2.31. The summed E-state index contributed by atoms with van der Waals surface area (Å²) in [5, 5.41) is 31.7. The zero-order chi connectivity index (χ0) is 15.0. The molecular formula is C9H7N5O6. The predicted octanol–water partition coefficient (Wildman–Crippen LogP) is 1.07. The lowest BCUT2D eigenvalue weighted by molar-refractivity contribution is -0.538. The lowest BCUT2D eigenvalue weighted by Crippen LogP contribution is -2.09. The summed E-state index contributed by atoms with van der Waals surface area (Å²) in [6.07, 6.45) is 0.826. The number of nitrogens with zero attached hydrogens (tertiary/aromatic N) is 5. The fourth-order valence-corrected chi connectivity index (χ4v) is 1.94. The number of rotatable bonds is 4. The monoisotopic (exact) mass is 281 g/mol. The quantitative estimate of drug-likeness (QED) is 0.601. The summed E-state index contributed by atoms with van der Waals surface area (Å²) >= 11 is 0. The molecule has 0 unspecified atom stereocenters. The molecule has 0 aliphatic heterocycles. The fraction of sp³-hybridized carbons (Fsp3) is 0.222. The molecule has 0 aliphatic carbocycles. The van der Waals surface area contributed by atoms with E-state index < -0.39 is 27.1 Å². The molecule has 20 heavy (non-hydrogen) atoms. The molecule has 2 aromatic rings. The van der Waals surface area contributed by atoms with E-state index in [2.05, 4.69) is 4.98 Å². The smallest absolute Gasteiger partial charge is 0.264 e. The summed E-state index contributed by atoms with van der Waals surface area (Å²) in [7, 11) is 0. The molecule has 11 heteroatoms. The average Bonchev–Trinajstić information content (AvgIpc) is 2.71. The number of aromatic nitrogens is 2. The molecule has 1 aromatic heterocycles. The van der Waals surface area contributed by atoms with Gasteiger partial charge in [0.25, 0.3) is 0 Å². The Labute approximate surface area is 109 Å². The molecule has 0 fully saturated rings. The molecule has 0 bridgehead atoms. The SMILES string of the molecule is Cc1cc2c(ncn2[N+](=O)[O-])c([N+](=O)[O-])c1C[N+](=O)[O-]. The molecule has 1 aromatic carbocycles.